The van der Waals surface area contributed by atoms with E-state index in [2.05, 4.69) is 20.7 Å². The molecule has 1 aliphatic heterocycles. The average Bonchev–Trinajstić information content (AvgIpc) is 3.13. The van der Waals surface area contributed by atoms with Crippen molar-refractivity contribution in [3.63, 3.8) is 0 Å². The zero-order valence-corrected chi connectivity index (χ0v) is 13.7. The molecule has 2 atom stereocenters. The molecule has 0 aromatic carbocycles. The summed E-state index contributed by atoms with van der Waals surface area (Å²) < 4.78 is 7.27. The minimum atomic E-state index is -1.04. The summed E-state index contributed by atoms with van der Waals surface area (Å²) in [6.45, 7) is 6.38. The Labute approximate surface area is 131 Å². The summed E-state index contributed by atoms with van der Waals surface area (Å²) in [7, 11) is 1.83. The molecule has 1 aromatic heterocycles. The topological polar surface area (TPSA) is 83.7 Å². The zero-order chi connectivity index (χ0) is 16.0. The third kappa shape index (κ3) is 4.71. The van der Waals surface area contributed by atoms with Crippen LogP contribution in [0.15, 0.2) is 17.4 Å². The number of nitrogens with zero attached hydrogens (tertiary/aromatic N) is 3. The monoisotopic (exact) mass is 309 g/mol. The van der Waals surface area contributed by atoms with Crippen LogP contribution in [0, 0.1) is 0 Å². The molecule has 0 amide bonds. The molecule has 7 nitrogen and oxygen atoms in total. The van der Waals surface area contributed by atoms with E-state index in [9.17, 15) is 5.11 Å². The van der Waals surface area contributed by atoms with Gasteiger partial charge in [0.2, 0.25) is 0 Å². The minimum Gasteiger partial charge on any atom is -0.383 e. The van der Waals surface area contributed by atoms with Crippen LogP contribution >= 0.6 is 0 Å². The lowest BCUT2D eigenvalue weighted by atomic mass is 10.0. The molecule has 3 N–H and O–H groups in total. The van der Waals surface area contributed by atoms with E-state index in [4.69, 9.17) is 4.74 Å². The highest BCUT2D eigenvalue weighted by Crippen LogP contribution is 2.19. The number of hydrogen-bond donors (Lipinski definition) is 3. The number of aryl methyl sites for hydroxylation is 1. The fraction of sp³-hybridized carbons (Fsp3) is 0.733. The molecule has 1 fully saturated rings. The van der Waals surface area contributed by atoms with Crippen LogP contribution in [0.5, 0.6) is 0 Å². The maximum absolute atomic E-state index is 10.6. The summed E-state index contributed by atoms with van der Waals surface area (Å²) in [6.07, 6.45) is 5.93. The fourth-order valence-corrected chi connectivity index (χ4v) is 2.38. The van der Waals surface area contributed by atoms with Gasteiger partial charge >= 0.3 is 0 Å². The van der Waals surface area contributed by atoms with E-state index in [0.29, 0.717) is 5.96 Å². The molecule has 0 saturated carbocycles. The molecular formula is C15H27N5O2. The first-order chi connectivity index (χ1) is 10.5. The fourth-order valence-electron chi connectivity index (χ4n) is 2.38. The van der Waals surface area contributed by atoms with Gasteiger partial charge < -0.3 is 20.5 Å². The molecule has 1 saturated heterocycles. The van der Waals surface area contributed by atoms with E-state index in [1.165, 1.54) is 0 Å². The lowest BCUT2D eigenvalue weighted by molar-refractivity contribution is 0.0671. The molecule has 1 aliphatic rings. The molecule has 0 radical (unpaired) electrons. The summed E-state index contributed by atoms with van der Waals surface area (Å²) in [4.78, 5) is 4.48. The SMILES string of the molecule is CCNC(=NCC(C)(O)c1cnn(C)c1)NCC1CCCO1. The second-order valence-electron chi connectivity index (χ2n) is 5.89. The quantitative estimate of drug-likeness (QED) is 0.522. The molecule has 124 valence electrons. The summed E-state index contributed by atoms with van der Waals surface area (Å²) in [5.41, 5.74) is -0.283. The van der Waals surface area contributed by atoms with Gasteiger partial charge in [0.1, 0.15) is 5.60 Å². The van der Waals surface area contributed by atoms with E-state index < -0.39 is 5.60 Å². The third-order valence-corrected chi connectivity index (χ3v) is 3.74. The molecule has 7 heteroatoms. The molecule has 1 aromatic rings. The molecule has 0 spiro atoms. The van der Waals surface area contributed by atoms with E-state index in [0.717, 1.165) is 38.1 Å². The normalized spacial score (nSPS) is 21.6. The summed E-state index contributed by atoms with van der Waals surface area (Å²) in [5, 5.41) is 21.1. The molecule has 2 heterocycles. The van der Waals surface area contributed by atoms with Gasteiger partial charge in [-0.3, -0.25) is 4.68 Å². The average molecular weight is 309 g/mol. The number of rotatable bonds is 6. The molecular weight excluding hydrogens is 282 g/mol. The van der Waals surface area contributed by atoms with E-state index >= 15 is 0 Å². The van der Waals surface area contributed by atoms with Crippen LogP contribution in [-0.2, 0) is 17.4 Å². The van der Waals surface area contributed by atoms with Gasteiger partial charge in [-0.1, -0.05) is 0 Å². The maximum Gasteiger partial charge on any atom is 0.191 e. The first-order valence-electron chi connectivity index (χ1n) is 7.86. The predicted octanol–water partition coefficient (Wildman–Crippen LogP) is 0.362. The first kappa shape index (κ1) is 16.8. The molecule has 2 rings (SSSR count). The Bertz CT molecular complexity index is 492. The Hall–Kier alpha value is -1.60. The summed E-state index contributed by atoms with van der Waals surface area (Å²) in [6, 6.07) is 0. The third-order valence-electron chi connectivity index (χ3n) is 3.74. The molecule has 0 aliphatic carbocycles. The molecule has 2 unspecified atom stereocenters. The number of aliphatic imine (C=N–C) groups is 1. The highest BCUT2D eigenvalue weighted by atomic mass is 16.5. The van der Waals surface area contributed by atoms with Gasteiger partial charge in [0.25, 0.3) is 0 Å². The Morgan fingerprint density at radius 2 is 2.41 bits per heavy atom. The van der Waals surface area contributed by atoms with Crippen LogP contribution in [0.2, 0.25) is 0 Å². The lowest BCUT2D eigenvalue weighted by Gasteiger charge is -2.21. The number of hydrogen-bond acceptors (Lipinski definition) is 4. The van der Waals surface area contributed by atoms with Gasteiger partial charge in [-0.15, -0.1) is 0 Å². The van der Waals surface area contributed by atoms with Gasteiger partial charge in [0.05, 0.1) is 18.8 Å². The van der Waals surface area contributed by atoms with Crippen molar-refractivity contribution in [1.29, 1.82) is 0 Å². The van der Waals surface area contributed by atoms with Crippen LogP contribution in [0.4, 0.5) is 0 Å². The van der Waals surface area contributed by atoms with Gasteiger partial charge in [-0.2, -0.15) is 5.10 Å². The second-order valence-corrected chi connectivity index (χ2v) is 5.89. The van der Waals surface area contributed by atoms with E-state index in [1.54, 1.807) is 17.8 Å². The standard InChI is InChI=1S/C15H27N5O2/c1-4-16-14(17-9-13-6-5-7-22-13)18-11-15(2,21)12-8-19-20(3)10-12/h8,10,13,21H,4-7,9,11H2,1-3H3,(H2,16,17,18). The highest BCUT2D eigenvalue weighted by molar-refractivity contribution is 5.79. The number of aromatic nitrogens is 2. The van der Waals surface area contributed by atoms with Crippen LogP contribution < -0.4 is 10.6 Å². The van der Waals surface area contributed by atoms with Gasteiger partial charge in [-0.25, -0.2) is 4.99 Å². The van der Waals surface area contributed by atoms with Crippen molar-refractivity contribution in [2.75, 3.05) is 26.2 Å². The Morgan fingerprint density at radius 3 is 3.00 bits per heavy atom. The van der Waals surface area contributed by atoms with Crippen molar-refractivity contribution >= 4 is 5.96 Å². The van der Waals surface area contributed by atoms with Gasteiger partial charge in [0.15, 0.2) is 5.96 Å². The smallest absolute Gasteiger partial charge is 0.191 e. The van der Waals surface area contributed by atoms with Gasteiger partial charge in [-0.05, 0) is 26.7 Å². The second kappa shape index (κ2) is 7.60. The zero-order valence-electron chi connectivity index (χ0n) is 13.7. The van der Waals surface area contributed by atoms with Crippen molar-refractivity contribution in [2.45, 2.75) is 38.4 Å². The van der Waals surface area contributed by atoms with E-state index in [1.807, 2.05) is 20.2 Å². The number of nitrogens with one attached hydrogen (secondary N) is 2. The molecule has 0 bridgehead atoms. The minimum absolute atomic E-state index is 0.252. The van der Waals surface area contributed by atoms with Crippen molar-refractivity contribution in [3.05, 3.63) is 18.0 Å². The largest absolute Gasteiger partial charge is 0.383 e. The van der Waals surface area contributed by atoms with Crippen molar-refractivity contribution in [2.24, 2.45) is 12.0 Å². The number of guanidine groups is 1. The Morgan fingerprint density at radius 1 is 1.59 bits per heavy atom. The Balaban J connectivity index is 1.93. The highest BCUT2D eigenvalue weighted by Gasteiger charge is 2.24. The van der Waals surface area contributed by atoms with Crippen LogP contribution in [0.1, 0.15) is 32.3 Å². The maximum atomic E-state index is 10.6. The lowest BCUT2D eigenvalue weighted by Crippen LogP contribution is -2.42. The van der Waals surface area contributed by atoms with Crippen molar-refractivity contribution < 1.29 is 9.84 Å². The van der Waals surface area contributed by atoms with Crippen LogP contribution in [0.25, 0.3) is 0 Å². The van der Waals surface area contributed by atoms with Crippen LogP contribution in [-0.4, -0.2) is 53.2 Å². The van der Waals surface area contributed by atoms with Crippen molar-refractivity contribution in [1.82, 2.24) is 20.4 Å². The number of aliphatic hydroxyl groups is 1. The molecule has 22 heavy (non-hydrogen) atoms. The Kier molecular flexibility index (Phi) is 5.79. The van der Waals surface area contributed by atoms with E-state index in [-0.39, 0.29) is 12.6 Å². The summed E-state index contributed by atoms with van der Waals surface area (Å²) >= 11 is 0. The predicted molar refractivity (Wildman–Crippen MR) is 85.7 cm³/mol. The number of ether oxygens (including phenoxy) is 1. The van der Waals surface area contributed by atoms with Crippen LogP contribution in [0.3, 0.4) is 0 Å². The van der Waals surface area contributed by atoms with Crippen molar-refractivity contribution in [3.8, 4) is 0 Å². The van der Waals surface area contributed by atoms with Gasteiger partial charge in [0, 0.05) is 38.5 Å². The first-order valence-corrected chi connectivity index (χ1v) is 7.86. The summed E-state index contributed by atoms with van der Waals surface area (Å²) in [5.74, 6) is 0.696.